The first kappa shape index (κ1) is 12.6. The van der Waals surface area contributed by atoms with Crippen molar-refractivity contribution in [3.05, 3.63) is 23.5 Å². The maximum atomic E-state index is 8.67. The molecule has 0 aromatic carbocycles. The van der Waals surface area contributed by atoms with Crippen LogP contribution in [0, 0.1) is 11.5 Å². The Morgan fingerprint density at radius 3 is 2.69 bits per heavy atom. The molecule has 0 aliphatic carbocycles. The lowest BCUT2D eigenvalue weighted by molar-refractivity contribution is -0.0439. The Hall–Kier alpha value is -1.43. The zero-order valence-corrected chi connectivity index (χ0v) is 10.4. The van der Waals surface area contributed by atoms with Crippen molar-refractivity contribution >= 4 is 0 Å². The van der Waals surface area contributed by atoms with E-state index in [9.17, 15) is 0 Å². The van der Waals surface area contributed by atoms with Crippen LogP contribution in [0.3, 0.4) is 0 Å². The van der Waals surface area contributed by atoms with E-state index >= 15 is 0 Å². The molecule has 1 saturated heterocycles. The van der Waals surface area contributed by atoms with Crippen molar-refractivity contribution in [3.63, 3.8) is 0 Å². The number of allylic oxidation sites excluding steroid dienone is 2. The molecule has 0 aromatic heterocycles. The van der Waals surface area contributed by atoms with Crippen LogP contribution in [0.15, 0.2) is 23.5 Å². The van der Waals surface area contributed by atoms with Crippen LogP contribution in [0.1, 0.15) is 40.5 Å². The van der Waals surface area contributed by atoms with Gasteiger partial charge in [-0.2, -0.15) is 5.26 Å². The van der Waals surface area contributed by atoms with Crippen LogP contribution < -0.4 is 0 Å². The lowest BCUT2D eigenvalue weighted by Crippen LogP contribution is -2.39. The zero-order chi connectivity index (χ0) is 12.2. The highest BCUT2D eigenvalue weighted by atomic mass is 16.5. The third-order valence-electron chi connectivity index (χ3n) is 3.12. The zero-order valence-electron chi connectivity index (χ0n) is 10.4. The molecule has 1 rings (SSSR count). The number of rotatable bonds is 2. The van der Waals surface area contributed by atoms with E-state index in [0.717, 1.165) is 17.8 Å². The van der Waals surface area contributed by atoms with E-state index in [0.29, 0.717) is 6.42 Å². The molecule has 0 N–H and O–H groups in total. The first-order chi connectivity index (χ1) is 7.60. The summed E-state index contributed by atoms with van der Waals surface area (Å²) in [6.45, 7) is 8.00. The quantitative estimate of drug-likeness (QED) is 0.672. The molecular weight excluding hydrogens is 202 g/mol. The Bertz CT molecular complexity index is 351. The summed E-state index contributed by atoms with van der Waals surface area (Å²) in [6.07, 6.45) is 7.09. The summed E-state index contributed by atoms with van der Waals surface area (Å²) < 4.78 is 11.1. The number of nitrogens with zero attached hydrogens (tertiary/aromatic N) is 1. The molecule has 3 heteroatoms. The van der Waals surface area contributed by atoms with Crippen molar-refractivity contribution in [2.75, 3.05) is 0 Å². The summed E-state index contributed by atoms with van der Waals surface area (Å²) >= 11 is 0. The maximum Gasteiger partial charge on any atom is 0.286 e. The average Bonchev–Trinajstić information content (AvgIpc) is 2.29. The largest absolute Gasteiger partial charge is 0.487 e. The summed E-state index contributed by atoms with van der Waals surface area (Å²) in [4.78, 5) is 0. The van der Waals surface area contributed by atoms with E-state index in [-0.39, 0.29) is 11.7 Å². The van der Waals surface area contributed by atoms with Crippen molar-refractivity contribution in [1.82, 2.24) is 0 Å². The molecule has 0 amide bonds. The van der Waals surface area contributed by atoms with Gasteiger partial charge in [0.15, 0.2) is 0 Å². The SMILES string of the molecule is C/C=C1\C(=C/C)OC(C)(CC)CC1OC#N. The van der Waals surface area contributed by atoms with Gasteiger partial charge in [-0.3, -0.25) is 0 Å². The van der Waals surface area contributed by atoms with Crippen LogP contribution in [-0.4, -0.2) is 11.7 Å². The third kappa shape index (κ3) is 2.38. The Morgan fingerprint density at radius 1 is 1.56 bits per heavy atom. The fraction of sp³-hybridized carbons (Fsp3) is 0.615. The normalized spacial score (nSPS) is 34.6. The summed E-state index contributed by atoms with van der Waals surface area (Å²) in [6, 6.07) is 0. The lowest BCUT2D eigenvalue weighted by Gasteiger charge is -2.39. The fourth-order valence-corrected chi connectivity index (χ4v) is 1.97. The van der Waals surface area contributed by atoms with Crippen LogP contribution in [-0.2, 0) is 9.47 Å². The fourth-order valence-electron chi connectivity index (χ4n) is 1.97. The van der Waals surface area contributed by atoms with Gasteiger partial charge in [-0.1, -0.05) is 13.0 Å². The molecule has 1 aliphatic rings. The van der Waals surface area contributed by atoms with Gasteiger partial charge in [0.2, 0.25) is 0 Å². The van der Waals surface area contributed by atoms with Crippen molar-refractivity contribution < 1.29 is 9.47 Å². The summed E-state index contributed by atoms with van der Waals surface area (Å²) in [5.74, 6) is 0.832. The predicted octanol–water partition coefficient (Wildman–Crippen LogP) is 3.29. The van der Waals surface area contributed by atoms with Gasteiger partial charge in [0, 0.05) is 12.0 Å². The summed E-state index contributed by atoms with van der Waals surface area (Å²) in [7, 11) is 0. The molecule has 1 heterocycles. The maximum absolute atomic E-state index is 8.67. The minimum absolute atomic E-state index is 0.181. The Kier molecular flexibility index (Phi) is 4.00. The Labute approximate surface area is 97.4 Å². The van der Waals surface area contributed by atoms with Crippen LogP contribution in [0.4, 0.5) is 0 Å². The highest BCUT2D eigenvalue weighted by Gasteiger charge is 2.38. The van der Waals surface area contributed by atoms with E-state index < -0.39 is 0 Å². The van der Waals surface area contributed by atoms with Gasteiger partial charge in [-0.15, -0.1) is 0 Å². The Balaban J connectivity index is 3.03. The highest BCUT2D eigenvalue weighted by molar-refractivity contribution is 5.32. The molecule has 1 fully saturated rings. The summed E-state index contributed by atoms with van der Waals surface area (Å²) in [5, 5.41) is 8.67. The van der Waals surface area contributed by atoms with Gasteiger partial charge in [0.1, 0.15) is 17.5 Å². The molecule has 0 saturated carbocycles. The number of ether oxygens (including phenoxy) is 2. The average molecular weight is 221 g/mol. The molecular formula is C13H19NO2. The van der Waals surface area contributed by atoms with Gasteiger partial charge < -0.3 is 9.47 Å². The van der Waals surface area contributed by atoms with Crippen molar-refractivity contribution in [3.8, 4) is 6.26 Å². The van der Waals surface area contributed by atoms with Gasteiger partial charge >= 0.3 is 0 Å². The molecule has 88 valence electrons. The minimum atomic E-state index is -0.240. The van der Waals surface area contributed by atoms with Gasteiger partial charge in [0.05, 0.1) is 0 Å². The van der Waals surface area contributed by atoms with E-state index in [1.807, 2.05) is 26.0 Å². The standard InChI is InChI=1S/C13H19NO2/c1-5-10-11(6-2)16-13(4,7-3)8-12(10)15-9-14/h5-6,12H,7-8H2,1-4H3/b10-5+,11-6+. The molecule has 0 aromatic rings. The molecule has 1 aliphatic heterocycles. The van der Waals surface area contributed by atoms with Crippen molar-refractivity contribution in [2.24, 2.45) is 0 Å². The molecule has 0 spiro atoms. The lowest BCUT2D eigenvalue weighted by atomic mass is 9.87. The molecule has 0 radical (unpaired) electrons. The molecule has 2 unspecified atom stereocenters. The first-order valence-corrected chi connectivity index (χ1v) is 5.66. The van der Waals surface area contributed by atoms with Crippen LogP contribution in [0.25, 0.3) is 0 Å². The van der Waals surface area contributed by atoms with Crippen LogP contribution >= 0.6 is 0 Å². The monoisotopic (exact) mass is 221 g/mol. The highest BCUT2D eigenvalue weighted by Crippen LogP contribution is 2.38. The molecule has 3 nitrogen and oxygen atoms in total. The van der Waals surface area contributed by atoms with Gasteiger partial charge in [-0.25, -0.2) is 0 Å². The number of hydrogen-bond donors (Lipinski definition) is 0. The van der Waals surface area contributed by atoms with Crippen LogP contribution in [0.2, 0.25) is 0 Å². The van der Waals surface area contributed by atoms with E-state index in [1.165, 1.54) is 0 Å². The third-order valence-corrected chi connectivity index (χ3v) is 3.12. The Morgan fingerprint density at radius 2 is 2.25 bits per heavy atom. The number of hydrogen-bond acceptors (Lipinski definition) is 3. The van der Waals surface area contributed by atoms with Crippen molar-refractivity contribution in [2.45, 2.75) is 52.2 Å². The second-order valence-electron chi connectivity index (χ2n) is 4.20. The molecule has 2 atom stereocenters. The minimum Gasteiger partial charge on any atom is -0.487 e. The smallest absolute Gasteiger partial charge is 0.286 e. The second-order valence-corrected chi connectivity index (χ2v) is 4.20. The van der Waals surface area contributed by atoms with E-state index in [1.54, 1.807) is 6.26 Å². The van der Waals surface area contributed by atoms with Crippen molar-refractivity contribution in [1.29, 1.82) is 5.26 Å². The second kappa shape index (κ2) is 5.07. The number of nitriles is 1. The van der Waals surface area contributed by atoms with E-state index in [2.05, 4.69) is 13.8 Å². The molecule has 0 bridgehead atoms. The van der Waals surface area contributed by atoms with Gasteiger partial charge in [0.25, 0.3) is 6.26 Å². The van der Waals surface area contributed by atoms with E-state index in [4.69, 9.17) is 14.7 Å². The van der Waals surface area contributed by atoms with Gasteiger partial charge in [-0.05, 0) is 33.3 Å². The predicted molar refractivity (Wildman–Crippen MR) is 62.4 cm³/mol. The summed E-state index contributed by atoms with van der Waals surface area (Å²) in [5.41, 5.74) is 0.727. The topological polar surface area (TPSA) is 42.2 Å². The molecule has 16 heavy (non-hydrogen) atoms. The van der Waals surface area contributed by atoms with Crippen LogP contribution in [0.5, 0.6) is 0 Å². The first-order valence-electron chi connectivity index (χ1n) is 5.66.